The molecule has 1 rings (SSSR count). The highest BCUT2D eigenvalue weighted by atomic mass is 16.5. The Kier molecular flexibility index (Phi) is 7.37. The van der Waals surface area contributed by atoms with Crippen molar-refractivity contribution in [3.63, 3.8) is 0 Å². The first-order valence-corrected chi connectivity index (χ1v) is 8.20. The van der Waals surface area contributed by atoms with Crippen molar-refractivity contribution in [1.29, 1.82) is 5.26 Å². The van der Waals surface area contributed by atoms with Crippen molar-refractivity contribution < 1.29 is 19.1 Å². The lowest BCUT2D eigenvalue weighted by atomic mass is 9.71. The lowest BCUT2D eigenvalue weighted by Crippen LogP contribution is -2.32. The van der Waals surface area contributed by atoms with Crippen molar-refractivity contribution in [3.05, 3.63) is 0 Å². The molecular formula is C17H27NO4. The van der Waals surface area contributed by atoms with Crippen LogP contribution in [0.5, 0.6) is 0 Å². The zero-order valence-corrected chi connectivity index (χ0v) is 13.9. The average molecular weight is 309 g/mol. The third-order valence-electron chi connectivity index (χ3n) is 4.52. The molecule has 2 unspecified atom stereocenters. The summed E-state index contributed by atoms with van der Waals surface area (Å²) in [5.41, 5.74) is -0.597. The van der Waals surface area contributed by atoms with Crippen LogP contribution in [0, 0.1) is 28.6 Å². The minimum absolute atomic E-state index is 0.0172. The predicted molar refractivity (Wildman–Crippen MR) is 81.7 cm³/mol. The van der Waals surface area contributed by atoms with Crippen molar-refractivity contribution in [2.24, 2.45) is 17.3 Å². The molecule has 1 aliphatic rings. The number of nitriles is 1. The fraction of sp³-hybridized carbons (Fsp3) is 0.824. The summed E-state index contributed by atoms with van der Waals surface area (Å²) >= 11 is 0. The highest BCUT2D eigenvalue weighted by molar-refractivity contribution is 5.80. The van der Waals surface area contributed by atoms with E-state index in [1.54, 1.807) is 13.8 Å². The Balaban J connectivity index is 2.82. The van der Waals surface area contributed by atoms with Crippen LogP contribution in [0.4, 0.5) is 0 Å². The Morgan fingerprint density at radius 2 is 1.82 bits per heavy atom. The standard InChI is InChI=1S/C17H27NO4/c1-4-21-15(19)10-13(16(20)22-5-2)11-17(3,12-18)14-8-6-7-9-14/h13-14H,4-11H2,1-3H3. The predicted octanol–water partition coefficient (Wildman–Crippen LogP) is 3.23. The Morgan fingerprint density at radius 1 is 1.23 bits per heavy atom. The first-order valence-electron chi connectivity index (χ1n) is 8.20. The van der Waals surface area contributed by atoms with E-state index in [9.17, 15) is 14.9 Å². The number of carbonyl (C=O) groups excluding carboxylic acids is 2. The molecule has 1 fully saturated rings. The van der Waals surface area contributed by atoms with Crippen molar-refractivity contribution in [3.8, 4) is 6.07 Å². The van der Waals surface area contributed by atoms with Crippen LogP contribution in [0.25, 0.3) is 0 Å². The van der Waals surface area contributed by atoms with Crippen LogP contribution < -0.4 is 0 Å². The lowest BCUT2D eigenvalue weighted by molar-refractivity contribution is -0.155. The molecular weight excluding hydrogens is 282 g/mol. The normalized spacial score (nSPS) is 19.0. The molecule has 0 spiro atoms. The van der Waals surface area contributed by atoms with E-state index in [-0.39, 0.29) is 25.6 Å². The molecule has 0 heterocycles. The molecule has 0 amide bonds. The second-order valence-corrected chi connectivity index (χ2v) is 6.17. The maximum Gasteiger partial charge on any atom is 0.309 e. The zero-order chi connectivity index (χ0) is 16.6. The third-order valence-corrected chi connectivity index (χ3v) is 4.52. The Morgan fingerprint density at radius 3 is 2.32 bits per heavy atom. The first kappa shape index (κ1) is 18.5. The Bertz CT molecular complexity index is 423. The summed E-state index contributed by atoms with van der Waals surface area (Å²) in [6.45, 7) is 5.92. The second kappa shape index (κ2) is 8.77. The number of hydrogen-bond acceptors (Lipinski definition) is 5. The van der Waals surface area contributed by atoms with Gasteiger partial charge < -0.3 is 9.47 Å². The minimum atomic E-state index is -0.607. The average Bonchev–Trinajstić information content (AvgIpc) is 3.02. The van der Waals surface area contributed by atoms with Crippen LogP contribution >= 0.6 is 0 Å². The molecule has 1 saturated carbocycles. The Labute approximate surface area is 133 Å². The maximum atomic E-state index is 12.2. The van der Waals surface area contributed by atoms with Gasteiger partial charge >= 0.3 is 11.9 Å². The van der Waals surface area contributed by atoms with Crippen LogP contribution in [-0.2, 0) is 19.1 Å². The smallest absolute Gasteiger partial charge is 0.309 e. The molecule has 0 aromatic carbocycles. The van der Waals surface area contributed by atoms with Gasteiger partial charge in [-0.1, -0.05) is 12.8 Å². The number of hydrogen-bond donors (Lipinski definition) is 0. The van der Waals surface area contributed by atoms with Gasteiger partial charge in [-0.3, -0.25) is 9.59 Å². The molecule has 0 aliphatic heterocycles. The topological polar surface area (TPSA) is 76.4 Å². The van der Waals surface area contributed by atoms with Crippen molar-refractivity contribution in [2.45, 2.75) is 59.3 Å². The van der Waals surface area contributed by atoms with E-state index < -0.39 is 23.3 Å². The van der Waals surface area contributed by atoms with Gasteiger partial charge in [0.1, 0.15) is 0 Å². The van der Waals surface area contributed by atoms with Crippen LogP contribution in [0.2, 0.25) is 0 Å². The maximum absolute atomic E-state index is 12.2. The molecule has 0 saturated heterocycles. The molecule has 22 heavy (non-hydrogen) atoms. The number of esters is 2. The fourth-order valence-corrected chi connectivity index (χ4v) is 3.30. The number of carbonyl (C=O) groups is 2. The summed E-state index contributed by atoms with van der Waals surface area (Å²) in [6, 6.07) is 2.39. The lowest BCUT2D eigenvalue weighted by Gasteiger charge is -2.31. The Hall–Kier alpha value is -1.57. The quantitative estimate of drug-likeness (QED) is 0.643. The molecule has 0 aromatic heterocycles. The summed E-state index contributed by atoms with van der Waals surface area (Å²) in [5, 5.41) is 9.63. The van der Waals surface area contributed by atoms with Crippen molar-refractivity contribution >= 4 is 11.9 Å². The summed E-state index contributed by atoms with van der Waals surface area (Å²) in [5.74, 6) is -1.14. The molecule has 5 nitrogen and oxygen atoms in total. The van der Waals surface area contributed by atoms with Gasteiger partial charge in [-0.25, -0.2) is 0 Å². The molecule has 2 atom stereocenters. The van der Waals surface area contributed by atoms with E-state index in [1.807, 2.05) is 6.92 Å². The third kappa shape index (κ3) is 5.01. The van der Waals surface area contributed by atoms with Gasteiger partial charge in [0.25, 0.3) is 0 Å². The largest absolute Gasteiger partial charge is 0.466 e. The minimum Gasteiger partial charge on any atom is -0.466 e. The number of ether oxygens (including phenoxy) is 2. The van der Waals surface area contributed by atoms with Crippen LogP contribution in [-0.4, -0.2) is 25.2 Å². The molecule has 0 N–H and O–H groups in total. The van der Waals surface area contributed by atoms with E-state index in [0.717, 1.165) is 25.7 Å². The zero-order valence-electron chi connectivity index (χ0n) is 13.9. The fourth-order valence-electron chi connectivity index (χ4n) is 3.30. The molecule has 0 aromatic rings. The van der Waals surface area contributed by atoms with Gasteiger partial charge in [0.2, 0.25) is 0 Å². The van der Waals surface area contributed by atoms with Gasteiger partial charge in [0.15, 0.2) is 0 Å². The van der Waals surface area contributed by atoms with E-state index >= 15 is 0 Å². The first-order chi connectivity index (χ1) is 10.5. The SMILES string of the molecule is CCOC(=O)CC(CC(C)(C#N)C1CCCC1)C(=O)OCC. The van der Waals surface area contributed by atoms with Crippen LogP contribution in [0.15, 0.2) is 0 Å². The van der Waals surface area contributed by atoms with Gasteiger partial charge in [-0.05, 0) is 46.0 Å². The second-order valence-electron chi connectivity index (χ2n) is 6.17. The summed E-state index contributed by atoms with van der Waals surface area (Å²) < 4.78 is 10.0. The molecule has 1 aliphatic carbocycles. The number of nitrogens with zero attached hydrogens (tertiary/aromatic N) is 1. The molecule has 124 valence electrons. The molecule has 0 bridgehead atoms. The monoisotopic (exact) mass is 309 g/mol. The van der Waals surface area contributed by atoms with Crippen molar-refractivity contribution in [1.82, 2.24) is 0 Å². The molecule has 0 radical (unpaired) electrons. The van der Waals surface area contributed by atoms with Gasteiger partial charge in [-0.15, -0.1) is 0 Å². The van der Waals surface area contributed by atoms with E-state index in [2.05, 4.69) is 6.07 Å². The van der Waals surface area contributed by atoms with Crippen molar-refractivity contribution in [2.75, 3.05) is 13.2 Å². The van der Waals surface area contributed by atoms with Gasteiger partial charge in [-0.2, -0.15) is 5.26 Å². The summed E-state index contributed by atoms with van der Waals surface area (Å²) in [4.78, 5) is 23.9. The van der Waals surface area contributed by atoms with E-state index in [0.29, 0.717) is 6.42 Å². The highest BCUT2D eigenvalue weighted by Gasteiger charge is 2.41. The molecule has 5 heteroatoms. The van der Waals surface area contributed by atoms with Gasteiger partial charge in [0, 0.05) is 0 Å². The highest BCUT2D eigenvalue weighted by Crippen LogP contribution is 2.44. The van der Waals surface area contributed by atoms with Crippen LogP contribution in [0.3, 0.4) is 0 Å². The van der Waals surface area contributed by atoms with Gasteiger partial charge in [0.05, 0.1) is 37.0 Å². The number of rotatable bonds is 8. The van der Waals surface area contributed by atoms with Crippen LogP contribution in [0.1, 0.15) is 59.3 Å². The summed E-state index contributed by atoms with van der Waals surface area (Å²) in [7, 11) is 0. The van der Waals surface area contributed by atoms with E-state index in [1.165, 1.54) is 0 Å². The summed E-state index contributed by atoms with van der Waals surface area (Å²) in [6.07, 6.45) is 4.62. The van der Waals surface area contributed by atoms with E-state index in [4.69, 9.17) is 9.47 Å².